The first kappa shape index (κ1) is 13.0. The fraction of sp³-hybridized carbons (Fsp3) is 0.538. The second-order valence-corrected chi connectivity index (χ2v) is 4.13. The first-order valence-corrected chi connectivity index (χ1v) is 5.88. The Morgan fingerprint density at radius 2 is 2.12 bits per heavy atom. The maximum atomic E-state index is 9.06. The molecular formula is C13H22NO2+. The largest absolute Gasteiger partial charge is 0.493 e. The van der Waals surface area contributed by atoms with Gasteiger partial charge in [0, 0.05) is 6.42 Å². The van der Waals surface area contributed by atoms with Crippen molar-refractivity contribution in [2.75, 3.05) is 19.7 Å². The number of benzene rings is 1. The average molecular weight is 224 g/mol. The Balaban J connectivity index is 2.10. The molecule has 0 spiro atoms. The summed E-state index contributed by atoms with van der Waals surface area (Å²) >= 11 is 0. The third kappa shape index (κ3) is 5.14. The van der Waals surface area contributed by atoms with Crippen LogP contribution in [-0.4, -0.2) is 30.9 Å². The lowest BCUT2D eigenvalue weighted by Gasteiger charge is -2.08. The highest BCUT2D eigenvalue weighted by molar-refractivity contribution is 5.31. The van der Waals surface area contributed by atoms with E-state index in [0.717, 1.165) is 31.9 Å². The number of aliphatic hydroxyl groups excluding tert-OH is 1. The third-order valence-electron chi connectivity index (χ3n) is 2.41. The van der Waals surface area contributed by atoms with Crippen LogP contribution in [0.4, 0.5) is 0 Å². The minimum Gasteiger partial charge on any atom is -0.493 e. The molecule has 0 bridgehead atoms. The van der Waals surface area contributed by atoms with Gasteiger partial charge in [-0.1, -0.05) is 18.2 Å². The van der Waals surface area contributed by atoms with Crippen molar-refractivity contribution < 1.29 is 15.2 Å². The van der Waals surface area contributed by atoms with Gasteiger partial charge >= 0.3 is 0 Å². The quantitative estimate of drug-likeness (QED) is 0.670. The number of aryl methyl sites for hydroxylation is 1. The molecule has 1 rings (SSSR count). The predicted octanol–water partition coefficient (Wildman–Crippen LogP) is 0.708. The maximum absolute atomic E-state index is 9.06. The fourth-order valence-electron chi connectivity index (χ4n) is 1.49. The summed E-state index contributed by atoms with van der Waals surface area (Å²) in [4.78, 5) is 0. The van der Waals surface area contributed by atoms with Gasteiger partial charge in [0.15, 0.2) is 0 Å². The van der Waals surface area contributed by atoms with Gasteiger partial charge in [0.25, 0.3) is 0 Å². The molecule has 16 heavy (non-hydrogen) atoms. The highest BCUT2D eigenvalue weighted by atomic mass is 16.5. The van der Waals surface area contributed by atoms with Crippen LogP contribution in [0.5, 0.6) is 5.75 Å². The summed E-state index contributed by atoms with van der Waals surface area (Å²) in [5.41, 5.74) is 1.18. The van der Waals surface area contributed by atoms with Crippen molar-refractivity contribution in [2.45, 2.75) is 26.4 Å². The summed E-state index contributed by atoms with van der Waals surface area (Å²) in [5.74, 6) is 0.970. The molecule has 0 unspecified atom stereocenters. The molecular weight excluding hydrogens is 202 g/mol. The molecule has 1 aromatic carbocycles. The summed E-state index contributed by atoms with van der Waals surface area (Å²) in [5, 5.41) is 11.2. The van der Waals surface area contributed by atoms with E-state index in [1.807, 2.05) is 18.2 Å². The number of ether oxygens (including phenoxy) is 1. The predicted molar refractivity (Wildman–Crippen MR) is 64.6 cm³/mol. The third-order valence-corrected chi connectivity index (χ3v) is 2.41. The summed E-state index contributed by atoms with van der Waals surface area (Å²) in [6.07, 6.45) is 0.776. The van der Waals surface area contributed by atoms with Crippen LogP contribution in [0.1, 0.15) is 18.9 Å². The second-order valence-electron chi connectivity index (χ2n) is 4.13. The zero-order valence-corrected chi connectivity index (χ0v) is 10.1. The molecule has 0 aromatic heterocycles. The molecule has 0 radical (unpaired) electrons. The highest BCUT2D eigenvalue weighted by Crippen LogP contribution is 2.15. The standard InChI is InChI=1S/C13H21NO2/c1-11-6-3-4-7-13(11)16-9-5-8-14-10-12(2)15/h3-4,6-7,12,14-15H,5,8-10H2,1-2H3/p+1/t12-/m0/s1. The van der Waals surface area contributed by atoms with Crippen molar-refractivity contribution in [3.05, 3.63) is 29.8 Å². The van der Waals surface area contributed by atoms with E-state index in [2.05, 4.69) is 18.3 Å². The van der Waals surface area contributed by atoms with Crippen molar-refractivity contribution in [2.24, 2.45) is 0 Å². The van der Waals surface area contributed by atoms with E-state index < -0.39 is 0 Å². The molecule has 3 N–H and O–H groups in total. The smallest absolute Gasteiger partial charge is 0.122 e. The average Bonchev–Trinajstić information content (AvgIpc) is 2.25. The number of nitrogens with two attached hydrogens (primary N) is 1. The van der Waals surface area contributed by atoms with E-state index in [9.17, 15) is 0 Å². The molecule has 0 aliphatic rings. The molecule has 90 valence electrons. The molecule has 1 aromatic rings. The van der Waals surface area contributed by atoms with Crippen LogP contribution >= 0.6 is 0 Å². The molecule has 1 atom stereocenters. The molecule has 0 aliphatic carbocycles. The van der Waals surface area contributed by atoms with Gasteiger partial charge in [-0.25, -0.2) is 0 Å². The van der Waals surface area contributed by atoms with Gasteiger partial charge in [0.1, 0.15) is 12.3 Å². The van der Waals surface area contributed by atoms with E-state index in [1.165, 1.54) is 5.56 Å². The normalized spacial score (nSPS) is 12.4. The molecule has 0 heterocycles. The number of hydrogen-bond donors (Lipinski definition) is 2. The molecule has 3 nitrogen and oxygen atoms in total. The minimum atomic E-state index is -0.225. The molecule has 0 saturated heterocycles. The first-order valence-electron chi connectivity index (χ1n) is 5.88. The van der Waals surface area contributed by atoms with E-state index in [-0.39, 0.29) is 6.10 Å². The first-order chi connectivity index (χ1) is 7.70. The highest BCUT2D eigenvalue weighted by Gasteiger charge is 1.99. The lowest BCUT2D eigenvalue weighted by molar-refractivity contribution is -0.660. The number of hydrogen-bond acceptors (Lipinski definition) is 2. The zero-order chi connectivity index (χ0) is 11.8. The zero-order valence-electron chi connectivity index (χ0n) is 10.1. The topological polar surface area (TPSA) is 46.1 Å². The minimum absolute atomic E-state index is 0.225. The van der Waals surface area contributed by atoms with Gasteiger partial charge in [-0.2, -0.15) is 0 Å². The Labute approximate surface area is 97.4 Å². The number of para-hydroxylation sites is 1. The maximum Gasteiger partial charge on any atom is 0.122 e. The summed E-state index contributed by atoms with van der Waals surface area (Å²) in [6.45, 7) is 6.36. The Morgan fingerprint density at radius 3 is 2.81 bits per heavy atom. The summed E-state index contributed by atoms with van der Waals surface area (Å²) in [6, 6.07) is 8.05. The lowest BCUT2D eigenvalue weighted by Crippen LogP contribution is -2.86. The Hall–Kier alpha value is -1.06. The molecule has 0 saturated carbocycles. The number of quaternary nitrogens is 1. The van der Waals surface area contributed by atoms with Crippen LogP contribution in [0, 0.1) is 6.92 Å². The summed E-state index contributed by atoms with van der Waals surface area (Å²) < 4.78 is 5.66. The van der Waals surface area contributed by atoms with Gasteiger partial charge < -0.3 is 15.2 Å². The molecule has 0 fully saturated rings. The van der Waals surface area contributed by atoms with Crippen LogP contribution < -0.4 is 10.1 Å². The SMILES string of the molecule is Cc1ccccc1OCCC[NH2+]C[C@H](C)O. The van der Waals surface area contributed by atoms with Crippen molar-refractivity contribution in [3.63, 3.8) is 0 Å². The van der Waals surface area contributed by atoms with Gasteiger partial charge in [-0.3, -0.25) is 0 Å². The van der Waals surface area contributed by atoms with Crippen LogP contribution in [0.15, 0.2) is 24.3 Å². The number of rotatable bonds is 7. The Morgan fingerprint density at radius 1 is 1.38 bits per heavy atom. The van der Waals surface area contributed by atoms with E-state index in [1.54, 1.807) is 6.92 Å². The van der Waals surface area contributed by atoms with E-state index >= 15 is 0 Å². The lowest BCUT2D eigenvalue weighted by atomic mass is 10.2. The van der Waals surface area contributed by atoms with Crippen molar-refractivity contribution in [1.29, 1.82) is 0 Å². The van der Waals surface area contributed by atoms with Gasteiger partial charge in [0.05, 0.1) is 19.3 Å². The van der Waals surface area contributed by atoms with E-state index in [0.29, 0.717) is 0 Å². The second kappa shape index (κ2) is 7.25. The van der Waals surface area contributed by atoms with Gasteiger partial charge in [-0.05, 0) is 25.5 Å². The van der Waals surface area contributed by atoms with Crippen molar-refractivity contribution in [1.82, 2.24) is 0 Å². The van der Waals surface area contributed by atoms with Crippen molar-refractivity contribution >= 4 is 0 Å². The summed E-state index contributed by atoms with van der Waals surface area (Å²) in [7, 11) is 0. The van der Waals surface area contributed by atoms with Gasteiger partial charge in [-0.15, -0.1) is 0 Å². The van der Waals surface area contributed by atoms with Crippen LogP contribution in [0.3, 0.4) is 0 Å². The van der Waals surface area contributed by atoms with Crippen LogP contribution in [0.25, 0.3) is 0 Å². The van der Waals surface area contributed by atoms with Crippen molar-refractivity contribution in [3.8, 4) is 5.75 Å². The van der Waals surface area contributed by atoms with Crippen LogP contribution in [0.2, 0.25) is 0 Å². The molecule has 0 amide bonds. The Kier molecular flexibility index (Phi) is 5.90. The monoisotopic (exact) mass is 224 g/mol. The molecule has 3 heteroatoms. The fourth-order valence-corrected chi connectivity index (χ4v) is 1.49. The molecule has 0 aliphatic heterocycles. The van der Waals surface area contributed by atoms with Crippen LogP contribution in [-0.2, 0) is 0 Å². The van der Waals surface area contributed by atoms with Gasteiger partial charge in [0.2, 0.25) is 0 Å². The number of aliphatic hydroxyl groups is 1. The Bertz CT molecular complexity index is 300. The van der Waals surface area contributed by atoms with E-state index in [4.69, 9.17) is 9.84 Å².